The second-order valence-electron chi connectivity index (χ2n) is 6.41. The van der Waals surface area contributed by atoms with Gasteiger partial charge in [-0.3, -0.25) is 4.79 Å². The Balaban J connectivity index is 1.77. The van der Waals surface area contributed by atoms with Gasteiger partial charge in [-0.05, 0) is 44.5 Å². The van der Waals surface area contributed by atoms with E-state index in [1.807, 2.05) is 38.1 Å². The number of carbonyl (C=O) groups excluding carboxylic acids is 1. The van der Waals surface area contributed by atoms with E-state index in [1.165, 1.54) is 12.8 Å². The quantitative estimate of drug-likeness (QED) is 0.551. The van der Waals surface area contributed by atoms with E-state index < -0.39 is 0 Å². The SMILES string of the molecule is CCCCCCC(=O)Nc1ccc(OC(C)(C)C2CO2)cc1. The monoisotopic (exact) mass is 305 g/mol. The van der Waals surface area contributed by atoms with Crippen LogP contribution in [0.5, 0.6) is 5.75 Å². The van der Waals surface area contributed by atoms with Gasteiger partial charge in [0.05, 0.1) is 6.61 Å². The zero-order valence-corrected chi connectivity index (χ0v) is 13.9. The largest absolute Gasteiger partial charge is 0.485 e. The number of ether oxygens (including phenoxy) is 2. The molecule has 122 valence electrons. The highest BCUT2D eigenvalue weighted by molar-refractivity contribution is 5.90. The molecule has 1 atom stereocenters. The molecule has 1 heterocycles. The Kier molecular flexibility index (Phi) is 5.83. The lowest BCUT2D eigenvalue weighted by atomic mass is 10.1. The maximum Gasteiger partial charge on any atom is 0.224 e. The molecule has 0 aliphatic carbocycles. The van der Waals surface area contributed by atoms with Gasteiger partial charge in [-0.2, -0.15) is 0 Å². The highest BCUT2D eigenvalue weighted by Gasteiger charge is 2.41. The van der Waals surface area contributed by atoms with Gasteiger partial charge in [0.2, 0.25) is 5.91 Å². The maximum atomic E-state index is 11.8. The van der Waals surface area contributed by atoms with Gasteiger partial charge in [-0.25, -0.2) is 0 Å². The van der Waals surface area contributed by atoms with E-state index in [2.05, 4.69) is 12.2 Å². The summed E-state index contributed by atoms with van der Waals surface area (Å²) in [6, 6.07) is 7.53. The summed E-state index contributed by atoms with van der Waals surface area (Å²) in [5, 5.41) is 2.92. The van der Waals surface area contributed by atoms with Gasteiger partial charge in [0.15, 0.2) is 0 Å². The van der Waals surface area contributed by atoms with Crippen molar-refractivity contribution in [3.63, 3.8) is 0 Å². The van der Waals surface area contributed by atoms with Gasteiger partial charge in [-0.15, -0.1) is 0 Å². The Morgan fingerprint density at radius 3 is 2.55 bits per heavy atom. The molecule has 1 saturated heterocycles. The molecule has 1 fully saturated rings. The molecule has 4 nitrogen and oxygen atoms in total. The Morgan fingerprint density at radius 1 is 1.27 bits per heavy atom. The highest BCUT2D eigenvalue weighted by Crippen LogP contribution is 2.30. The van der Waals surface area contributed by atoms with Crippen LogP contribution in [0.1, 0.15) is 52.9 Å². The molecular weight excluding hydrogens is 278 g/mol. The number of nitrogens with one attached hydrogen (secondary N) is 1. The lowest BCUT2D eigenvalue weighted by molar-refractivity contribution is -0.116. The Labute approximate surface area is 133 Å². The second-order valence-corrected chi connectivity index (χ2v) is 6.41. The Morgan fingerprint density at radius 2 is 1.95 bits per heavy atom. The van der Waals surface area contributed by atoms with E-state index in [9.17, 15) is 4.79 Å². The number of benzene rings is 1. The van der Waals surface area contributed by atoms with Gasteiger partial charge >= 0.3 is 0 Å². The smallest absolute Gasteiger partial charge is 0.224 e. The fourth-order valence-corrected chi connectivity index (χ4v) is 2.36. The van der Waals surface area contributed by atoms with Gasteiger partial charge in [0, 0.05) is 12.1 Å². The highest BCUT2D eigenvalue weighted by atomic mass is 16.6. The molecule has 1 aliphatic rings. The van der Waals surface area contributed by atoms with Crippen LogP contribution in [0.2, 0.25) is 0 Å². The summed E-state index contributed by atoms with van der Waals surface area (Å²) < 4.78 is 11.2. The molecular formula is C18H27NO3. The molecule has 1 aliphatic heterocycles. The normalized spacial score (nSPS) is 17.1. The van der Waals surface area contributed by atoms with Crippen molar-refractivity contribution in [3.8, 4) is 5.75 Å². The molecule has 1 N–H and O–H groups in total. The average molecular weight is 305 g/mol. The number of rotatable bonds is 9. The fraction of sp³-hybridized carbons (Fsp3) is 0.611. The molecule has 4 heteroatoms. The predicted octanol–water partition coefficient (Wildman–Crippen LogP) is 4.15. The lowest BCUT2D eigenvalue weighted by Crippen LogP contribution is -2.34. The van der Waals surface area contributed by atoms with Crippen LogP contribution in [0.25, 0.3) is 0 Å². The number of hydrogen-bond donors (Lipinski definition) is 1. The number of anilines is 1. The molecule has 22 heavy (non-hydrogen) atoms. The molecule has 1 aromatic rings. The number of epoxide rings is 1. The zero-order chi connectivity index (χ0) is 16.0. The van der Waals surface area contributed by atoms with Gasteiger partial charge in [0.1, 0.15) is 17.5 Å². The van der Waals surface area contributed by atoms with Gasteiger partial charge in [-0.1, -0.05) is 26.2 Å². The Bertz CT molecular complexity index is 478. The molecule has 0 spiro atoms. The number of hydrogen-bond acceptors (Lipinski definition) is 3. The van der Waals surface area contributed by atoms with E-state index in [4.69, 9.17) is 9.47 Å². The van der Waals surface area contributed by atoms with Gasteiger partial charge < -0.3 is 14.8 Å². The standard InChI is InChI=1S/C18H27NO3/c1-4-5-6-7-8-17(20)19-14-9-11-15(12-10-14)22-18(2,3)16-13-21-16/h9-12,16H,4-8,13H2,1-3H3,(H,19,20). The summed E-state index contributed by atoms with van der Waals surface area (Å²) in [6.45, 7) is 6.98. The first-order chi connectivity index (χ1) is 10.5. The minimum atomic E-state index is -0.315. The summed E-state index contributed by atoms with van der Waals surface area (Å²) >= 11 is 0. The van der Waals surface area contributed by atoms with Crippen molar-refractivity contribution in [1.29, 1.82) is 0 Å². The van der Waals surface area contributed by atoms with Crippen molar-refractivity contribution < 1.29 is 14.3 Å². The lowest BCUT2D eigenvalue weighted by Gasteiger charge is -2.24. The number of carbonyl (C=O) groups is 1. The molecule has 0 bridgehead atoms. The minimum Gasteiger partial charge on any atom is -0.485 e. The molecule has 2 rings (SSSR count). The van der Waals surface area contributed by atoms with Crippen LogP contribution >= 0.6 is 0 Å². The van der Waals surface area contributed by atoms with E-state index >= 15 is 0 Å². The first-order valence-electron chi connectivity index (χ1n) is 8.22. The van der Waals surface area contributed by atoms with Crippen molar-refractivity contribution in [3.05, 3.63) is 24.3 Å². The van der Waals surface area contributed by atoms with Crippen molar-refractivity contribution in [2.45, 2.75) is 64.6 Å². The number of unbranched alkanes of at least 4 members (excludes halogenated alkanes) is 3. The zero-order valence-electron chi connectivity index (χ0n) is 13.9. The van der Waals surface area contributed by atoms with E-state index in [-0.39, 0.29) is 17.6 Å². The predicted molar refractivity (Wildman–Crippen MR) is 88.3 cm³/mol. The maximum absolute atomic E-state index is 11.8. The first-order valence-corrected chi connectivity index (χ1v) is 8.22. The van der Waals surface area contributed by atoms with Crippen molar-refractivity contribution in [2.75, 3.05) is 11.9 Å². The summed E-state index contributed by atoms with van der Waals surface area (Å²) in [5.41, 5.74) is 0.498. The average Bonchev–Trinajstić information content (AvgIpc) is 3.30. The summed E-state index contributed by atoms with van der Waals surface area (Å²) in [4.78, 5) is 11.8. The van der Waals surface area contributed by atoms with E-state index in [0.29, 0.717) is 6.42 Å². The topological polar surface area (TPSA) is 50.9 Å². The van der Waals surface area contributed by atoms with Gasteiger partial charge in [0.25, 0.3) is 0 Å². The molecule has 0 aromatic heterocycles. The fourth-order valence-electron chi connectivity index (χ4n) is 2.36. The summed E-state index contributed by atoms with van der Waals surface area (Å²) in [7, 11) is 0. The summed E-state index contributed by atoms with van der Waals surface area (Å²) in [6.07, 6.45) is 5.22. The molecule has 0 saturated carbocycles. The molecule has 0 radical (unpaired) electrons. The molecule has 1 unspecified atom stereocenters. The first kappa shape index (κ1) is 16.8. The third-order valence-corrected chi connectivity index (χ3v) is 3.89. The van der Waals surface area contributed by atoms with Crippen molar-refractivity contribution in [2.24, 2.45) is 0 Å². The summed E-state index contributed by atoms with van der Waals surface area (Å²) in [5.74, 6) is 0.873. The van der Waals surface area contributed by atoms with Crippen LogP contribution in [-0.4, -0.2) is 24.2 Å². The Hall–Kier alpha value is -1.55. The molecule has 1 amide bonds. The number of amides is 1. The van der Waals surface area contributed by atoms with Crippen molar-refractivity contribution in [1.82, 2.24) is 0 Å². The van der Waals surface area contributed by atoms with Crippen LogP contribution < -0.4 is 10.1 Å². The van der Waals surface area contributed by atoms with Crippen LogP contribution in [0.4, 0.5) is 5.69 Å². The van der Waals surface area contributed by atoms with Crippen molar-refractivity contribution >= 4 is 11.6 Å². The van der Waals surface area contributed by atoms with E-state index in [1.54, 1.807) is 0 Å². The van der Waals surface area contributed by atoms with Crippen LogP contribution in [0.3, 0.4) is 0 Å². The van der Waals surface area contributed by atoms with Crippen LogP contribution in [-0.2, 0) is 9.53 Å². The molecule has 1 aromatic carbocycles. The minimum absolute atomic E-state index is 0.0801. The third-order valence-electron chi connectivity index (χ3n) is 3.89. The van der Waals surface area contributed by atoms with E-state index in [0.717, 1.165) is 30.9 Å². The van der Waals surface area contributed by atoms with Crippen LogP contribution in [0.15, 0.2) is 24.3 Å². The third kappa shape index (κ3) is 5.34. The van der Waals surface area contributed by atoms with Crippen LogP contribution in [0, 0.1) is 0 Å². The second kappa shape index (κ2) is 7.63.